The molecule has 2 aliphatic heterocycles. The molecule has 0 radical (unpaired) electrons. The van der Waals surface area contributed by atoms with E-state index in [9.17, 15) is 9.18 Å². The average molecular weight is 293 g/mol. The Morgan fingerprint density at radius 1 is 1.29 bits per heavy atom. The van der Waals surface area contributed by atoms with Crippen molar-refractivity contribution in [2.45, 2.75) is 38.5 Å². The zero-order valence-electron chi connectivity index (χ0n) is 12.2. The molecular formula is C16H20FNO3. The van der Waals surface area contributed by atoms with Crippen LogP contribution in [-0.2, 0) is 9.47 Å². The zero-order chi connectivity index (χ0) is 14.8. The number of ether oxygens (including phenoxy) is 2. The molecule has 3 rings (SSSR count). The molecule has 0 saturated carbocycles. The van der Waals surface area contributed by atoms with Gasteiger partial charge < -0.3 is 14.4 Å². The maximum absolute atomic E-state index is 13.5. The normalized spacial score (nSPS) is 23.5. The second kappa shape index (κ2) is 6.12. The van der Waals surface area contributed by atoms with Crippen molar-refractivity contribution in [1.29, 1.82) is 0 Å². The molecule has 1 unspecified atom stereocenters. The van der Waals surface area contributed by atoms with Gasteiger partial charge in [-0.05, 0) is 43.9 Å². The fourth-order valence-corrected chi connectivity index (χ4v) is 3.07. The minimum Gasteiger partial charge on any atom is -0.348 e. The molecule has 1 amide bonds. The molecule has 1 atom stereocenters. The van der Waals surface area contributed by atoms with Crippen molar-refractivity contribution >= 4 is 5.91 Å². The third kappa shape index (κ3) is 2.94. The second-order valence-corrected chi connectivity index (χ2v) is 5.63. The molecule has 2 aliphatic rings. The molecule has 4 nitrogen and oxygen atoms in total. The van der Waals surface area contributed by atoms with E-state index < -0.39 is 0 Å². The van der Waals surface area contributed by atoms with Crippen molar-refractivity contribution in [3.05, 3.63) is 35.1 Å². The fraction of sp³-hybridized carbons (Fsp3) is 0.562. The van der Waals surface area contributed by atoms with Crippen LogP contribution in [0.25, 0.3) is 0 Å². The SMILES string of the molecule is Cc1ccc(F)cc1C(=O)N1CCCCC1C1OCCO1. The van der Waals surface area contributed by atoms with Crippen molar-refractivity contribution in [3.63, 3.8) is 0 Å². The van der Waals surface area contributed by atoms with Gasteiger partial charge in [0.05, 0.1) is 19.3 Å². The summed E-state index contributed by atoms with van der Waals surface area (Å²) in [4.78, 5) is 14.6. The number of likely N-dealkylation sites (tertiary alicyclic amines) is 1. The molecule has 2 fully saturated rings. The maximum atomic E-state index is 13.5. The van der Waals surface area contributed by atoms with Gasteiger partial charge in [0.1, 0.15) is 5.82 Å². The van der Waals surface area contributed by atoms with Crippen LogP contribution in [0.1, 0.15) is 35.2 Å². The number of hydrogen-bond acceptors (Lipinski definition) is 3. The summed E-state index contributed by atoms with van der Waals surface area (Å²) >= 11 is 0. The highest BCUT2D eigenvalue weighted by molar-refractivity contribution is 5.96. The van der Waals surface area contributed by atoms with Crippen LogP contribution in [0.3, 0.4) is 0 Å². The Balaban J connectivity index is 1.85. The summed E-state index contributed by atoms with van der Waals surface area (Å²) in [6.07, 6.45) is 2.54. The Hall–Kier alpha value is -1.46. The van der Waals surface area contributed by atoms with E-state index in [1.807, 2.05) is 6.92 Å². The van der Waals surface area contributed by atoms with E-state index in [0.29, 0.717) is 25.3 Å². The monoisotopic (exact) mass is 293 g/mol. The number of carbonyl (C=O) groups is 1. The number of amides is 1. The van der Waals surface area contributed by atoms with Gasteiger partial charge in [0, 0.05) is 12.1 Å². The predicted octanol–water partition coefficient (Wildman–Crippen LogP) is 2.50. The van der Waals surface area contributed by atoms with E-state index in [1.54, 1.807) is 11.0 Å². The van der Waals surface area contributed by atoms with E-state index in [4.69, 9.17) is 9.47 Å². The standard InChI is InChI=1S/C16H20FNO3/c1-11-5-6-12(17)10-13(11)15(19)18-7-3-2-4-14(18)16-20-8-9-21-16/h5-6,10,14,16H,2-4,7-9H2,1H3. The first kappa shape index (κ1) is 14.5. The summed E-state index contributed by atoms with van der Waals surface area (Å²) in [5.74, 6) is -0.512. The molecule has 0 aromatic heterocycles. The molecule has 1 aromatic rings. The lowest BCUT2D eigenvalue weighted by Crippen LogP contribution is -2.50. The molecule has 2 saturated heterocycles. The molecule has 114 valence electrons. The summed E-state index contributed by atoms with van der Waals surface area (Å²) in [6.45, 7) is 3.64. The Labute approximate surface area is 123 Å². The second-order valence-electron chi connectivity index (χ2n) is 5.63. The topological polar surface area (TPSA) is 38.8 Å². The molecule has 1 aromatic carbocycles. The van der Waals surface area contributed by atoms with Crippen LogP contribution < -0.4 is 0 Å². The Morgan fingerprint density at radius 3 is 2.81 bits per heavy atom. The Morgan fingerprint density at radius 2 is 2.05 bits per heavy atom. The zero-order valence-corrected chi connectivity index (χ0v) is 12.2. The first-order valence-corrected chi connectivity index (χ1v) is 7.47. The van der Waals surface area contributed by atoms with Gasteiger partial charge in [-0.1, -0.05) is 6.07 Å². The quantitative estimate of drug-likeness (QED) is 0.841. The Kier molecular flexibility index (Phi) is 4.22. The van der Waals surface area contributed by atoms with Crippen molar-refractivity contribution < 1.29 is 18.7 Å². The van der Waals surface area contributed by atoms with E-state index in [0.717, 1.165) is 24.8 Å². The van der Waals surface area contributed by atoms with Crippen molar-refractivity contribution in [2.75, 3.05) is 19.8 Å². The van der Waals surface area contributed by atoms with Gasteiger partial charge in [-0.3, -0.25) is 4.79 Å². The molecule has 0 bridgehead atoms. The van der Waals surface area contributed by atoms with Crippen LogP contribution in [0, 0.1) is 12.7 Å². The smallest absolute Gasteiger partial charge is 0.254 e. The van der Waals surface area contributed by atoms with Gasteiger partial charge in [-0.2, -0.15) is 0 Å². The summed E-state index contributed by atoms with van der Waals surface area (Å²) in [5, 5.41) is 0. The molecule has 2 heterocycles. The molecule has 0 spiro atoms. The highest BCUT2D eigenvalue weighted by Crippen LogP contribution is 2.26. The van der Waals surface area contributed by atoms with Crippen molar-refractivity contribution in [1.82, 2.24) is 4.90 Å². The van der Waals surface area contributed by atoms with Crippen molar-refractivity contribution in [3.8, 4) is 0 Å². The van der Waals surface area contributed by atoms with Gasteiger partial charge in [0.25, 0.3) is 5.91 Å². The van der Waals surface area contributed by atoms with E-state index in [1.165, 1.54) is 12.1 Å². The summed E-state index contributed by atoms with van der Waals surface area (Å²) in [6, 6.07) is 4.27. The number of hydrogen-bond donors (Lipinski definition) is 0. The highest BCUT2D eigenvalue weighted by atomic mass is 19.1. The number of carbonyl (C=O) groups excluding carboxylic acids is 1. The predicted molar refractivity (Wildman–Crippen MR) is 75.5 cm³/mol. The lowest BCUT2D eigenvalue weighted by atomic mass is 9.99. The van der Waals surface area contributed by atoms with Crippen LogP contribution >= 0.6 is 0 Å². The first-order valence-electron chi connectivity index (χ1n) is 7.47. The first-order chi connectivity index (χ1) is 10.2. The Bertz CT molecular complexity index is 528. The van der Waals surface area contributed by atoms with E-state index in [-0.39, 0.29) is 24.1 Å². The van der Waals surface area contributed by atoms with Crippen LogP contribution in [0.4, 0.5) is 4.39 Å². The lowest BCUT2D eigenvalue weighted by molar-refractivity contribution is -0.100. The lowest BCUT2D eigenvalue weighted by Gasteiger charge is -2.38. The number of nitrogens with zero attached hydrogens (tertiary/aromatic N) is 1. The third-order valence-electron chi connectivity index (χ3n) is 4.20. The number of piperidine rings is 1. The molecule has 5 heteroatoms. The average Bonchev–Trinajstić information content (AvgIpc) is 3.03. The number of halogens is 1. The summed E-state index contributed by atoms with van der Waals surface area (Å²) in [5.41, 5.74) is 1.22. The molecule has 0 N–H and O–H groups in total. The van der Waals surface area contributed by atoms with Crippen LogP contribution in [-0.4, -0.2) is 42.9 Å². The minimum absolute atomic E-state index is 0.0728. The largest absolute Gasteiger partial charge is 0.348 e. The van der Waals surface area contributed by atoms with Crippen LogP contribution in [0.15, 0.2) is 18.2 Å². The third-order valence-corrected chi connectivity index (χ3v) is 4.20. The minimum atomic E-state index is -0.383. The van der Waals surface area contributed by atoms with E-state index in [2.05, 4.69) is 0 Å². The molecular weight excluding hydrogens is 273 g/mol. The van der Waals surface area contributed by atoms with Gasteiger partial charge in [-0.25, -0.2) is 4.39 Å². The number of benzene rings is 1. The van der Waals surface area contributed by atoms with Crippen LogP contribution in [0.5, 0.6) is 0 Å². The fourth-order valence-electron chi connectivity index (χ4n) is 3.07. The summed E-state index contributed by atoms with van der Waals surface area (Å²) < 4.78 is 24.6. The molecule has 0 aliphatic carbocycles. The van der Waals surface area contributed by atoms with Gasteiger partial charge in [0.15, 0.2) is 6.29 Å². The van der Waals surface area contributed by atoms with Crippen molar-refractivity contribution in [2.24, 2.45) is 0 Å². The highest BCUT2D eigenvalue weighted by Gasteiger charge is 2.36. The van der Waals surface area contributed by atoms with Gasteiger partial charge in [-0.15, -0.1) is 0 Å². The maximum Gasteiger partial charge on any atom is 0.254 e. The van der Waals surface area contributed by atoms with Crippen LogP contribution in [0.2, 0.25) is 0 Å². The van der Waals surface area contributed by atoms with E-state index >= 15 is 0 Å². The van der Waals surface area contributed by atoms with Gasteiger partial charge in [0.2, 0.25) is 0 Å². The van der Waals surface area contributed by atoms with Gasteiger partial charge >= 0.3 is 0 Å². The number of rotatable bonds is 2. The number of aryl methyl sites for hydroxylation is 1. The summed E-state index contributed by atoms with van der Waals surface area (Å²) in [7, 11) is 0. The molecule has 21 heavy (non-hydrogen) atoms.